The number of carbonyl (C=O) groups is 1. The van der Waals surface area contributed by atoms with E-state index in [1.54, 1.807) is 6.92 Å². The molecule has 1 aliphatic rings. The van der Waals surface area contributed by atoms with Gasteiger partial charge in [0.15, 0.2) is 0 Å². The van der Waals surface area contributed by atoms with E-state index in [1.807, 2.05) is 24.3 Å². The first-order valence-corrected chi connectivity index (χ1v) is 8.52. The molecule has 1 aliphatic heterocycles. The maximum atomic E-state index is 12.0. The van der Waals surface area contributed by atoms with Crippen molar-refractivity contribution in [3.63, 3.8) is 0 Å². The molecular weight excluding hydrogens is 290 g/mol. The fourth-order valence-electron chi connectivity index (χ4n) is 2.82. The number of amides is 1. The minimum absolute atomic E-state index is 0.0816. The number of anilines is 1. The first-order chi connectivity index (χ1) is 11.0. The van der Waals surface area contributed by atoms with Crippen LogP contribution in [-0.2, 0) is 0 Å². The lowest BCUT2D eigenvalue weighted by atomic mass is 10.1. The third kappa shape index (κ3) is 5.22. The maximum absolute atomic E-state index is 12.0. The zero-order chi connectivity index (χ0) is 16.8. The quantitative estimate of drug-likeness (QED) is 0.838. The standard InChI is InChI=1S/C18H29N3O2/c1-14(2)20-10-12-21(13-11-20)17-6-4-16(5-7-17)18(23)19-9-8-15(3)22/h4-7,14-15,22H,8-13H2,1-3H3,(H,19,23). The summed E-state index contributed by atoms with van der Waals surface area (Å²) in [5.74, 6) is -0.0816. The van der Waals surface area contributed by atoms with Gasteiger partial charge in [0.1, 0.15) is 0 Å². The zero-order valence-corrected chi connectivity index (χ0v) is 14.5. The van der Waals surface area contributed by atoms with Gasteiger partial charge in [0, 0.05) is 50.0 Å². The molecule has 1 aromatic rings. The van der Waals surface area contributed by atoms with Crippen molar-refractivity contribution in [1.82, 2.24) is 10.2 Å². The Morgan fingerprint density at radius 3 is 2.26 bits per heavy atom. The SMILES string of the molecule is CC(O)CCNC(=O)c1ccc(N2CCN(C(C)C)CC2)cc1. The molecule has 1 atom stereocenters. The van der Waals surface area contributed by atoms with Crippen LogP contribution in [0.15, 0.2) is 24.3 Å². The zero-order valence-electron chi connectivity index (χ0n) is 14.5. The van der Waals surface area contributed by atoms with Crippen molar-refractivity contribution in [2.24, 2.45) is 0 Å². The van der Waals surface area contributed by atoms with E-state index in [2.05, 4.69) is 29.0 Å². The van der Waals surface area contributed by atoms with E-state index >= 15 is 0 Å². The summed E-state index contributed by atoms with van der Waals surface area (Å²) in [6.07, 6.45) is 0.186. The van der Waals surface area contributed by atoms with Crippen molar-refractivity contribution in [3.8, 4) is 0 Å². The van der Waals surface area contributed by atoms with Crippen molar-refractivity contribution >= 4 is 11.6 Å². The number of hydrogen-bond acceptors (Lipinski definition) is 4. The lowest BCUT2D eigenvalue weighted by Gasteiger charge is -2.38. The fourth-order valence-corrected chi connectivity index (χ4v) is 2.82. The normalized spacial score (nSPS) is 17.3. The van der Waals surface area contributed by atoms with E-state index in [0.717, 1.165) is 26.2 Å². The van der Waals surface area contributed by atoms with Crippen LogP contribution in [0.5, 0.6) is 0 Å². The Bertz CT molecular complexity index is 491. The molecule has 0 bridgehead atoms. The van der Waals surface area contributed by atoms with E-state index in [4.69, 9.17) is 0 Å². The first-order valence-electron chi connectivity index (χ1n) is 8.52. The van der Waals surface area contributed by atoms with Gasteiger partial charge < -0.3 is 15.3 Å². The third-order valence-corrected chi connectivity index (χ3v) is 4.39. The Hall–Kier alpha value is -1.59. The lowest BCUT2D eigenvalue weighted by Crippen LogP contribution is -2.48. The van der Waals surface area contributed by atoms with Gasteiger partial charge in [0.25, 0.3) is 5.91 Å². The number of nitrogens with one attached hydrogen (secondary N) is 1. The van der Waals surface area contributed by atoms with Crippen molar-refractivity contribution < 1.29 is 9.90 Å². The molecule has 1 saturated heterocycles. The maximum Gasteiger partial charge on any atom is 0.251 e. The predicted molar refractivity (Wildman–Crippen MR) is 94.0 cm³/mol. The molecule has 0 aromatic heterocycles. The van der Waals surface area contributed by atoms with Crippen LogP contribution in [0.2, 0.25) is 0 Å². The number of piperazine rings is 1. The van der Waals surface area contributed by atoms with Crippen molar-refractivity contribution in [2.45, 2.75) is 39.3 Å². The second-order valence-corrected chi connectivity index (χ2v) is 6.56. The van der Waals surface area contributed by atoms with Gasteiger partial charge in [-0.25, -0.2) is 0 Å². The molecule has 5 nitrogen and oxygen atoms in total. The average molecular weight is 319 g/mol. The monoisotopic (exact) mass is 319 g/mol. The summed E-state index contributed by atoms with van der Waals surface area (Å²) in [5, 5.41) is 12.0. The highest BCUT2D eigenvalue weighted by Gasteiger charge is 2.19. The molecular formula is C18H29N3O2. The van der Waals surface area contributed by atoms with Crippen molar-refractivity contribution in [3.05, 3.63) is 29.8 Å². The number of aliphatic hydroxyl groups is 1. The van der Waals surface area contributed by atoms with Gasteiger partial charge in [-0.1, -0.05) is 0 Å². The molecule has 0 aliphatic carbocycles. The van der Waals surface area contributed by atoms with Gasteiger partial charge in [0.05, 0.1) is 6.10 Å². The highest BCUT2D eigenvalue weighted by Crippen LogP contribution is 2.18. The average Bonchev–Trinajstić information content (AvgIpc) is 2.54. The summed E-state index contributed by atoms with van der Waals surface area (Å²) >= 11 is 0. The topological polar surface area (TPSA) is 55.8 Å². The van der Waals surface area contributed by atoms with Crippen LogP contribution in [-0.4, -0.2) is 60.8 Å². The number of nitrogens with zero attached hydrogens (tertiary/aromatic N) is 2. The molecule has 0 spiro atoms. The fraction of sp³-hybridized carbons (Fsp3) is 0.611. The summed E-state index contributed by atoms with van der Waals surface area (Å²) in [6.45, 7) is 10.9. The molecule has 0 radical (unpaired) electrons. The van der Waals surface area contributed by atoms with E-state index in [1.165, 1.54) is 5.69 Å². The lowest BCUT2D eigenvalue weighted by molar-refractivity contribution is 0.0945. The molecule has 2 rings (SSSR count). The Labute approximate surface area is 139 Å². The van der Waals surface area contributed by atoms with Crippen LogP contribution in [0, 0.1) is 0 Å². The van der Waals surface area contributed by atoms with Gasteiger partial charge in [0.2, 0.25) is 0 Å². The molecule has 128 valence electrons. The largest absolute Gasteiger partial charge is 0.393 e. The third-order valence-electron chi connectivity index (χ3n) is 4.39. The molecule has 1 aromatic carbocycles. The second kappa shape index (κ2) is 8.31. The highest BCUT2D eigenvalue weighted by molar-refractivity contribution is 5.94. The second-order valence-electron chi connectivity index (χ2n) is 6.56. The number of benzene rings is 1. The number of hydrogen-bond donors (Lipinski definition) is 2. The number of aliphatic hydroxyl groups excluding tert-OH is 1. The highest BCUT2D eigenvalue weighted by atomic mass is 16.3. The van der Waals surface area contributed by atoms with Crippen molar-refractivity contribution in [2.75, 3.05) is 37.6 Å². The van der Waals surface area contributed by atoms with Gasteiger partial charge in [-0.3, -0.25) is 9.69 Å². The Balaban J connectivity index is 1.86. The van der Waals surface area contributed by atoms with Gasteiger partial charge in [-0.2, -0.15) is 0 Å². The summed E-state index contributed by atoms with van der Waals surface area (Å²) < 4.78 is 0. The molecule has 23 heavy (non-hydrogen) atoms. The van der Waals surface area contributed by atoms with Crippen LogP contribution < -0.4 is 10.2 Å². The minimum Gasteiger partial charge on any atom is -0.393 e. The molecule has 1 heterocycles. The van der Waals surface area contributed by atoms with E-state index in [-0.39, 0.29) is 12.0 Å². The predicted octanol–water partition coefficient (Wildman–Crippen LogP) is 1.72. The molecule has 1 fully saturated rings. The van der Waals surface area contributed by atoms with Crippen molar-refractivity contribution in [1.29, 1.82) is 0 Å². The van der Waals surface area contributed by atoms with Gasteiger partial charge >= 0.3 is 0 Å². The molecule has 0 saturated carbocycles. The van der Waals surface area contributed by atoms with Crippen LogP contribution in [0.4, 0.5) is 5.69 Å². The van der Waals surface area contributed by atoms with Crippen LogP contribution >= 0.6 is 0 Å². The van der Waals surface area contributed by atoms with E-state index < -0.39 is 0 Å². The Morgan fingerprint density at radius 1 is 1.13 bits per heavy atom. The van der Waals surface area contributed by atoms with Crippen LogP contribution in [0.3, 0.4) is 0 Å². The van der Waals surface area contributed by atoms with Gasteiger partial charge in [-0.15, -0.1) is 0 Å². The molecule has 2 N–H and O–H groups in total. The smallest absolute Gasteiger partial charge is 0.251 e. The summed E-state index contributed by atoms with van der Waals surface area (Å²) in [4.78, 5) is 16.9. The number of rotatable bonds is 6. The Morgan fingerprint density at radius 2 is 1.74 bits per heavy atom. The molecule has 5 heteroatoms. The minimum atomic E-state index is -0.387. The summed E-state index contributed by atoms with van der Waals surface area (Å²) in [5.41, 5.74) is 1.84. The summed E-state index contributed by atoms with van der Waals surface area (Å²) in [7, 11) is 0. The van der Waals surface area contributed by atoms with E-state index in [0.29, 0.717) is 24.6 Å². The number of carbonyl (C=O) groups excluding carboxylic acids is 1. The van der Waals surface area contributed by atoms with E-state index in [9.17, 15) is 9.90 Å². The van der Waals surface area contributed by atoms with Gasteiger partial charge in [-0.05, 0) is 51.5 Å². The van der Waals surface area contributed by atoms with Crippen LogP contribution in [0.1, 0.15) is 37.6 Å². The first kappa shape index (κ1) is 17.8. The van der Waals surface area contributed by atoms with Crippen LogP contribution in [0.25, 0.3) is 0 Å². The summed E-state index contributed by atoms with van der Waals surface area (Å²) in [6, 6.07) is 8.40. The molecule has 1 unspecified atom stereocenters. The Kier molecular flexibility index (Phi) is 6.42. The molecule has 1 amide bonds.